The van der Waals surface area contributed by atoms with E-state index in [-0.39, 0.29) is 29.9 Å². The molecule has 2 aliphatic rings. The SMILES string of the molecule is COc1ccc([C@@H]2CN(CC(=O)NC3COC3)CC[C@H]2NC(=O)Nc2ccc(Cl)cc2)nc1. The standard InChI is InChI=1S/C23H28ClN5O4/c1-32-18-6-7-20(25-10-18)19-11-29(12-22(30)26-17-13-33-14-17)9-8-21(19)28-23(31)27-16-4-2-15(24)3-5-16/h2-7,10,17,19,21H,8-9,11-14H2,1H3,(H,26,30)(H2,27,28,31)/t19-,21+/m0/s1. The lowest BCUT2D eigenvalue weighted by Crippen LogP contribution is -2.55. The highest BCUT2D eigenvalue weighted by molar-refractivity contribution is 6.30. The molecule has 10 heteroatoms. The average molecular weight is 474 g/mol. The van der Waals surface area contributed by atoms with Crippen LogP contribution < -0.4 is 20.7 Å². The summed E-state index contributed by atoms with van der Waals surface area (Å²) in [6, 6.07) is 10.4. The molecule has 0 spiro atoms. The van der Waals surface area contributed by atoms with Crippen molar-refractivity contribution in [2.45, 2.75) is 24.4 Å². The Morgan fingerprint density at radius 2 is 1.97 bits per heavy atom. The number of ether oxygens (including phenoxy) is 2. The Balaban J connectivity index is 1.42. The molecule has 2 atom stereocenters. The van der Waals surface area contributed by atoms with Gasteiger partial charge in [-0.3, -0.25) is 14.7 Å². The molecule has 2 fully saturated rings. The number of pyridine rings is 1. The van der Waals surface area contributed by atoms with Crippen LogP contribution in [0.2, 0.25) is 5.02 Å². The Kier molecular flexibility index (Phi) is 7.64. The lowest BCUT2D eigenvalue weighted by Gasteiger charge is -2.38. The number of urea groups is 1. The fourth-order valence-corrected chi connectivity index (χ4v) is 4.16. The number of carbonyl (C=O) groups excluding carboxylic acids is 2. The van der Waals surface area contributed by atoms with Gasteiger partial charge >= 0.3 is 6.03 Å². The van der Waals surface area contributed by atoms with E-state index in [1.807, 2.05) is 12.1 Å². The number of nitrogens with one attached hydrogen (secondary N) is 3. The van der Waals surface area contributed by atoms with Crippen LogP contribution in [0, 0.1) is 0 Å². The summed E-state index contributed by atoms with van der Waals surface area (Å²) in [5.74, 6) is 0.565. The van der Waals surface area contributed by atoms with Gasteiger partial charge in [0.25, 0.3) is 0 Å². The monoisotopic (exact) mass is 473 g/mol. The molecule has 4 rings (SSSR count). The Morgan fingerprint density at radius 1 is 1.18 bits per heavy atom. The van der Waals surface area contributed by atoms with E-state index in [4.69, 9.17) is 21.1 Å². The molecule has 9 nitrogen and oxygen atoms in total. The Bertz CT molecular complexity index is 952. The highest BCUT2D eigenvalue weighted by Crippen LogP contribution is 2.27. The largest absolute Gasteiger partial charge is 0.495 e. The van der Waals surface area contributed by atoms with Crippen molar-refractivity contribution in [1.29, 1.82) is 0 Å². The Hall–Kier alpha value is -2.88. The molecule has 0 bridgehead atoms. The van der Waals surface area contributed by atoms with Crippen LogP contribution in [0.25, 0.3) is 0 Å². The van der Waals surface area contributed by atoms with Gasteiger partial charge in [0.1, 0.15) is 5.75 Å². The van der Waals surface area contributed by atoms with Gasteiger partial charge in [-0.1, -0.05) is 11.6 Å². The van der Waals surface area contributed by atoms with E-state index < -0.39 is 0 Å². The molecular formula is C23H28ClN5O4. The summed E-state index contributed by atoms with van der Waals surface area (Å²) in [6.45, 7) is 2.72. The number of amides is 3. The normalized spacial score (nSPS) is 21.0. The van der Waals surface area contributed by atoms with Crippen LogP contribution in [-0.4, -0.2) is 73.9 Å². The molecule has 2 aromatic rings. The number of hydrogen-bond acceptors (Lipinski definition) is 6. The minimum Gasteiger partial charge on any atom is -0.495 e. The molecule has 0 radical (unpaired) electrons. The van der Waals surface area contributed by atoms with Crippen molar-refractivity contribution in [2.24, 2.45) is 0 Å². The van der Waals surface area contributed by atoms with Crippen molar-refractivity contribution in [1.82, 2.24) is 20.5 Å². The molecule has 0 saturated carbocycles. The summed E-state index contributed by atoms with van der Waals surface area (Å²) in [5.41, 5.74) is 1.50. The summed E-state index contributed by atoms with van der Waals surface area (Å²) in [5, 5.41) is 9.52. The zero-order chi connectivity index (χ0) is 23.2. The van der Waals surface area contributed by atoms with Crippen LogP contribution in [0.15, 0.2) is 42.6 Å². The van der Waals surface area contributed by atoms with Crippen LogP contribution in [0.3, 0.4) is 0 Å². The van der Waals surface area contributed by atoms with Gasteiger partial charge in [0.15, 0.2) is 0 Å². The van der Waals surface area contributed by atoms with E-state index in [0.717, 1.165) is 5.69 Å². The average Bonchev–Trinajstić information content (AvgIpc) is 2.79. The zero-order valence-corrected chi connectivity index (χ0v) is 19.2. The van der Waals surface area contributed by atoms with Gasteiger partial charge in [0.05, 0.1) is 39.1 Å². The number of aromatic nitrogens is 1. The lowest BCUT2D eigenvalue weighted by molar-refractivity contribution is -0.126. The van der Waals surface area contributed by atoms with Crippen molar-refractivity contribution in [2.75, 3.05) is 45.3 Å². The topological polar surface area (TPSA) is 105 Å². The van der Waals surface area contributed by atoms with Gasteiger partial charge in [0, 0.05) is 41.5 Å². The first-order valence-electron chi connectivity index (χ1n) is 10.9. The molecule has 3 amide bonds. The van der Waals surface area contributed by atoms with Crippen molar-refractivity contribution in [3.8, 4) is 5.75 Å². The Labute approximate surface area is 197 Å². The lowest BCUT2D eigenvalue weighted by atomic mass is 9.88. The molecule has 3 heterocycles. The molecule has 2 saturated heterocycles. The fraction of sp³-hybridized carbons (Fsp3) is 0.435. The first kappa shape index (κ1) is 23.3. The first-order chi connectivity index (χ1) is 16.0. The highest BCUT2D eigenvalue weighted by atomic mass is 35.5. The number of anilines is 1. The summed E-state index contributed by atoms with van der Waals surface area (Å²) in [6.07, 6.45) is 2.36. The molecular weight excluding hydrogens is 446 g/mol. The smallest absolute Gasteiger partial charge is 0.319 e. The molecule has 33 heavy (non-hydrogen) atoms. The molecule has 2 aliphatic heterocycles. The zero-order valence-electron chi connectivity index (χ0n) is 18.4. The van der Waals surface area contributed by atoms with E-state index in [9.17, 15) is 9.59 Å². The van der Waals surface area contributed by atoms with Gasteiger partial charge < -0.3 is 25.4 Å². The van der Waals surface area contributed by atoms with E-state index in [0.29, 0.717) is 55.7 Å². The second-order valence-corrected chi connectivity index (χ2v) is 8.70. The van der Waals surface area contributed by atoms with Gasteiger partial charge in [-0.2, -0.15) is 0 Å². The number of halogens is 1. The van der Waals surface area contributed by atoms with Gasteiger partial charge in [0.2, 0.25) is 5.91 Å². The van der Waals surface area contributed by atoms with Crippen molar-refractivity contribution in [3.63, 3.8) is 0 Å². The molecule has 176 valence electrons. The fourth-order valence-electron chi connectivity index (χ4n) is 4.03. The molecule has 1 aromatic carbocycles. The maximum atomic E-state index is 12.7. The Morgan fingerprint density at radius 3 is 2.61 bits per heavy atom. The third kappa shape index (κ3) is 6.34. The summed E-state index contributed by atoms with van der Waals surface area (Å²) in [7, 11) is 1.59. The third-order valence-corrected chi connectivity index (χ3v) is 6.11. The molecule has 1 aromatic heterocycles. The minimum atomic E-state index is -0.294. The number of nitrogens with zero attached hydrogens (tertiary/aromatic N) is 2. The summed E-state index contributed by atoms with van der Waals surface area (Å²) >= 11 is 5.92. The maximum absolute atomic E-state index is 12.7. The van der Waals surface area contributed by atoms with Crippen LogP contribution in [0.4, 0.5) is 10.5 Å². The predicted molar refractivity (Wildman–Crippen MR) is 125 cm³/mol. The van der Waals surface area contributed by atoms with Crippen LogP contribution in [0.5, 0.6) is 5.75 Å². The number of carbonyl (C=O) groups is 2. The maximum Gasteiger partial charge on any atom is 0.319 e. The van der Waals surface area contributed by atoms with Gasteiger partial charge in [-0.15, -0.1) is 0 Å². The molecule has 3 N–H and O–H groups in total. The number of likely N-dealkylation sites (tertiary alicyclic amines) is 1. The summed E-state index contributed by atoms with van der Waals surface area (Å²) in [4.78, 5) is 31.7. The summed E-state index contributed by atoms with van der Waals surface area (Å²) < 4.78 is 10.3. The van der Waals surface area contributed by atoms with E-state index in [1.165, 1.54) is 0 Å². The van der Waals surface area contributed by atoms with E-state index >= 15 is 0 Å². The number of methoxy groups -OCH3 is 1. The number of hydrogen-bond donors (Lipinski definition) is 3. The van der Waals surface area contributed by atoms with E-state index in [1.54, 1.807) is 37.6 Å². The van der Waals surface area contributed by atoms with Crippen molar-refractivity contribution in [3.05, 3.63) is 53.3 Å². The van der Waals surface area contributed by atoms with Gasteiger partial charge in [-0.05, 0) is 42.8 Å². The van der Waals surface area contributed by atoms with Crippen LogP contribution in [0.1, 0.15) is 18.0 Å². The van der Waals surface area contributed by atoms with Crippen molar-refractivity contribution >= 4 is 29.2 Å². The second-order valence-electron chi connectivity index (χ2n) is 8.27. The minimum absolute atomic E-state index is 0.0170. The number of piperidine rings is 1. The first-order valence-corrected chi connectivity index (χ1v) is 11.3. The molecule has 0 unspecified atom stereocenters. The number of rotatable bonds is 7. The highest BCUT2D eigenvalue weighted by Gasteiger charge is 2.33. The quantitative estimate of drug-likeness (QED) is 0.569. The third-order valence-electron chi connectivity index (χ3n) is 5.86. The van der Waals surface area contributed by atoms with Crippen LogP contribution >= 0.6 is 11.6 Å². The predicted octanol–water partition coefficient (Wildman–Crippen LogP) is 2.24. The second kappa shape index (κ2) is 10.8. The van der Waals surface area contributed by atoms with Crippen LogP contribution in [-0.2, 0) is 9.53 Å². The molecule has 0 aliphatic carbocycles. The van der Waals surface area contributed by atoms with E-state index in [2.05, 4.69) is 25.8 Å². The van der Waals surface area contributed by atoms with Crippen molar-refractivity contribution < 1.29 is 19.1 Å². The van der Waals surface area contributed by atoms with Gasteiger partial charge in [-0.25, -0.2) is 4.79 Å². The number of benzene rings is 1.